The van der Waals surface area contributed by atoms with E-state index >= 15 is 0 Å². The predicted molar refractivity (Wildman–Crippen MR) is 62.8 cm³/mol. The van der Waals surface area contributed by atoms with Gasteiger partial charge in [0.05, 0.1) is 5.54 Å². The SMILES string of the molecule is Brc1ccn(C2(CN3CCCC3)CC2)n1. The molecule has 1 aromatic rings. The Morgan fingerprint density at radius 2 is 2.07 bits per heavy atom. The van der Waals surface area contributed by atoms with Crippen molar-refractivity contribution in [3.63, 3.8) is 0 Å². The lowest BCUT2D eigenvalue weighted by Crippen LogP contribution is -2.34. The van der Waals surface area contributed by atoms with Crippen LogP contribution < -0.4 is 0 Å². The highest BCUT2D eigenvalue weighted by molar-refractivity contribution is 9.10. The normalized spacial score (nSPS) is 24.6. The quantitative estimate of drug-likeness (QED) is 0.839. The highest BCUT2D eigenvalue weighted by atomic mass is 79.9. The first-order valence-electron chi connectivity index (χ1n) is 5.73. The lowest BCUT2D eigenvalue weighted by Gasteiger charge is -2.23. The van der Waals surface area contributed by atoms with E-state index in [0.717, 1.165) is 4.60 Å². The summed E-state index contributed by atoms with van der Waals surface area (Å²) in [6, 6.07) is 2.03. The summed E-state index contributed by atoms with van der Waals surface area (Å²) in [4.78, 5) is 2.59. The Morgan fingerprint density at radius 3 is 2.60 bits per heavy atom. The van der Waals surface area contributed by atoms with Crippen LogP contribution in [0.1, 0.15) is 25.7 Å². The van der Waals surface area contributed by atoms with Crippen molar-refractivity contribution >= 4 is 15.9 Å². The highest BCUT2D eigenvalue weighted by Gasteiger charge is 2.46. The second-order valence-electron chi connectivity index (χ2n) is 4.79. The largest absolute Gasteiger partial charge is 0.301 e. The van der Waals surface area contributed by atoms with Crippen LogP contribution in [0.4, 0.5) is 0 Å². The van der Waals surface area contributed by atoms with Crippen molar-refractivity contribution in [3.8, 4) is 0 Å². The number of aromatic nitrogens is 2. The molecule has 2 heterocycles. The van der Waals surface area contributed by atoms with E-state index in [1.54, 1.807) is 0 Å². The van der Waals surface area contributed by atoms with E-state index in [4.69, 9.17) is 0 Å². The van der Waals surface area contributed by atoms with Gasteiger partial charge in [0.15, 0.2) is 0 Å². The Kier molecular flexibility index (Phi) is 2.36. The number of halogens is 1. The van der Waals surface area contributed by atoms with E-state index in [-0.39, 0.29) is 0 Å². The Bertz CT molecular complexity index is 350. The van der Waals surface area contributed by atoms with Crippen molar-refractivity contribution in [2.75, 3.05) is 19.6 Å². The molecule has 15 heavy (non-hydrogen) atoms. The van der Waals surface area contributed by atoms with Crippen molar-refractivity contribution in [1.82, 2.24) is 14.7 Å². The summed E-state index contributed by atoms with van der Waals surface area (Å²) in [6.07, 6.45) is 7.43. The number of rotatable bonds is 3. The average molecular weight is 270 g/mol. The highest BCUT2D eigenvalue weighted by Crippen LogP contribution is 2.44. The van der Waals surface area contributed by atoms with Crippen molar-refractivity contribution in [3.05, 3.63) is 16.9 Å². The summed E-state index contributed by atoms with van der Waals surface area (Å²) in [7, 11) is 0. The molecule has 4 heteroatoms. The van der Waals surface area contributed by atoms with Gasteiger partial charge >= 0.3 is 0 Å². The molecule has 82 valence electrons. The summed E-state index contributed by atoms with van der Waals surface area (Å²) in [5, 5.41) is 4.49. The van der Waals surface area contributed by atoms with Crippen LogP contribution in [-0.4, -0.2) is 34.3 Å². The first-order valence-corrected chi connectivity index (χ1v) is 6.52. The third-order valence-electron chi connectivity index (χ3n) is 3.59. The zero-order valence-corrected chi connectivity index (χ0v) is 10.4. The molecule has 3 nitrogen and oxygen atoms in total. The second kappa shape index (κ2) is 3.59. The minimum Gasteiger partial charge on any atom is -0.301 e. The Hall–Kier alpha value is -0.350. The van der Waals surface area contributed by atoms with Gasteiger partial charge in [-0.3, -0.25) is 4.68 Å². The summed E-state index contributed by atoms with van der Waals surface area (Å²) in [6.45, 7) is 3.76. The first kappa shape index (κ1) is 9.85. The van der Waals surface area contributed by atoms with Crippen LogP contribution >= 0.6 is 15.9 Å². The first-order chi connectivity index (χ1) is 7.28. The maximum atomic E-state index is 4.49. The van der Waals surface area contributed by atoms with Crippen molar-refractivity contribution in [2.24, 2.45) is 0 Å². The summed E-state index contributed by atoms with van der Waals surface area (Å²) in [5.74, 6) is 0. The average Bonchev–Trinajstić information content (AvgIpc) is 2.65. The lowest BCUT2D eigenvalue weighted by atomic mass is 10.2. The van der Waals surface area contributed by atoms with Crippen molar-refractivity contribution in [1.29, 1.82) is 0 Å². The lowest BCUT2D eigenvalue weighted by molar-refractivity contribution is 0.250. The molecular formula is C11H16BrN3. The Balaban J connectivity index is 1.73. The standard InChI is InChI=1S/C11H16BrN3/c12-10-3-8-15(13-10)11(4-5-11)9-14-6-1-2-7-14/h3,8H,1-2,4-7,9H2. The summed E-state index contributed by atoms with van der Waals surface area (Å²) < 4.78 is 3.12. The van der Waals surface area contributed by atoms with Gasteiger partial charge in [0, 0.05) is 12.7 Å². The molecule has 0 N–H and O–H groups in total. The molecule has 1 aliphatic carbocycles. The summed E-state index contributed by atoms with van der Waals surface area (Å²) >= 11 is 3.42. The molecule has 0 spiro atoms. The van der Waals surface area contributed by atoms with Gasteiger partial charge in [-0.05, 0) is 60.8 Å². The number of hydrogen-bond donors (Lipinski definition) is 0. The van der Waals surface area contributed by atoms with Gasteiger partial charge in [0.2, 0.25) is 0 Å². The molecule has 0 unspecified atom stereocenters. The fourth-order valence-corrected chi connectivity index (χ4v) is 2.82. The maximum absolute atomic E-state index is 4.49. The van der Waals surface area contributed by atoms with Crippen LogP contribution in [0.25, 0.3) is 0 Å². The van der Waals surface area contributed by atoms with E-state index in [0.29, 0.717) is 5.54 Å². The van der Waals surface area contributed by atoms with Crippen molar-refractivity contribution < 1.29 is 0 Å². The number of hydrogen-bond acceptors (Lipinski definition) is 2. The van der Waals surface area contributed by atoms with Gasteiger partial charge in [-0.25, -0.2) is 0 Å². The van der Waals surface area contributed by atoms with E-state index in [1.807, 2.05) is 6.07 Å². The third-order valence-corrected chi connectivity index (χ3v) is 4.01. The van der Waals surface area contributed by atoms with Crippen LogP contribution in [-0.2, 0) is 5.54 Å². The van der Waals surface area contributed by atoms with Gasteiger partial charge in [-0.15, -0.1) is 0 Å². The van der Waals surface area contributed by atoms with Crippen molar-refractivity contribution in [2.45, 2.75) is 31.2 Å². The monoisotopic (exact) mass is 269 g/mol. The van der Waals surface area contributed by atoms with Gasteiger partial charge in [-0.1, -0.05) is 0 Å². The molecule has 0 radical (unpaired) electrons. The van der Waals surface area contributed by atoms with E-state index in [2.05, 4.69) is 36.8 Å². The molecule has 1 saturated carbocycles. The third kappa shape index (κ3) is 1.85. The van der Waals surface area contributed by atoms with E-state index in [9.17, 15) is 0 Å². The molecule has 1 aliphatic heterocycles. The molecule has 2 fully saturated rings. The number of likely N-dealkylation sites (tertiary alicyclic amines) is 1. The van der Waals surface area contributed by atoms with Crippen LogP contribution in [0.3, 0.4) is 0 Å². The molecule has 1 saturated heterocycles. The Labute approximate surface area is 98.6 Å². The smallest absolute Gasteiger partial charge is 0.128 e. The van der Waals surface area contributed by atoms with E-state index in [1.165, 1.54) is 45.3 Å². The minimum atomic E-state index is 0.330. The van der Waals surface area contributed by atoms with Gasteiger partial charge < -0.3 is 4.90 Å². The molecule has 2 aliphatic rings. The number of nitrogens with zero attached hydrogens (tertiary/aromatic N) is 3. The van der Waals surface area contributed by atoms with Crippen LogP contribution in [0.2, 0.25) is 0 Å². The minimum absolute atomic E-state index is 0.330. The van der Waals surface area contributed by atoms with Crippen LogP contribution in [0.5, 0.6) is 0 Å². The molecule has 0 atom stereocenters. The molecular weight excluding hydrogens is 254 g/mol. The topological polar surface area (TPSA) is 21.1 Å². The maximum Gasteiger partial charge on any atom is 0.128 e. The zero-order chi connectivity index (χ0) is 10.3. The second-order valence-corrected chi connectivity index (χ2v) is 5.60. The molecule has 0 aromatic carbocycles. The molecule has 3 rings (SSSR count). The zero-order valence-electron chi connectivity index (χ0n) is 8.82. The fourth-order valence-electron chi connectivity index (χ4n) is 2.53. The van der Waals surface area contributed by atoms with Crippen LogP contribution in [0, 0.1) is 0 Å². The van der Waals surface area contributed by atoms with Gasteiger partial charge in [0.25, 0.3) is 0 Å². The van der Waals surface area contributed by atoms with Gasteiger partial charge in [0.1, 0.15) is 4.60 Å². The Morgan fingerprint density at radius 1 is 1.33 bits per heavy atom. The summed E-state index contributed by atoms with van der Waals surface area (Å²) in [5.41, 5.74) is 0.330. The molecule has 0 amide bonds. The van der Waals surface area contributed by atoms with Gasteiger partial charge in [-0.2, -0.15) is 5.10 Å². The molecule has 1 aromatic heterocycles. The van der Waals surface area contributed by atoms with E-state index < -0.39 is 0 Å². The predicted octanol–water partition coefficient (Wildman–Crippen LogP) is 2.23. The fraction of sp³-hybridized carbons (Fsp3) is 0.727. The molecule has 0 bridgehead atoms. The van der Waals surface area contributed by atoms with Crippen LogP contribution in [0.15, 0.2) is 16.9 Å².